The molecule has 0 saturated heterocycles. The molecule has 1 unspecified atom stereocenters. The number of hydrogen-bond donors (Lipinski definition) is 2. The van der Waals surface area contributed by atoms with E-state index < -0.39 is 6.10 Å². The van der Waals surface area contributed by atoms with Crippen LogP contribution in [0.5, 0.6) is 0 Å². The van der Waals surface area contributed by atoms with E-state index in [9.17, 15) is 9.50 Å². The average Bonchev–Trinajstić information content (AvgIpc) is 2.45. The van der Waals surface area contributed by atoms with E-state index in [1.54, 1.807) is 0 Å². The van der Waals surface area contributed by atoms with Gasteiger partial charge in [-0.15, -0.1) is 0 Å². The fraction of sp³-hybridized carbons (Fsp3) is 0.294. The van der Waals surface area contributed by atoms with Gasteiger partial charge >= 0.3 is 0 Å². The van der Waals surface area contributed by atoms with Crippen LogP contribution in [0.25, 0.3) is 0 Å². The van der Waals surface area contributed by atoms with Crippen molar-refractivity contribution in [3.8, 4) is 0 Å². The van der Waals surface area contributed by atoms with Crippen molar-refractivity contribution in [1.29, 1.82) is 0 Å². The van der Waals surface area contributed by atoms with Gasteiger partial charge in [0.15, 0.2) is 0 Å². The quantitative estimate of drug-likeness (QED) is 0.823. The summed E-state index contributed by atoms with van der Waals surface area (Å²) in [5.41, 5.74) is 2.57. The number of hydrogen-bond acceptors (Lipinski definition) is 3. The monoisotopic (exact) mass is 289 g/mol. The summed E-state index contributed by atoms with van der Waals surface area (Å²) in [5.74, 6) is -0.285. The molecular weight excluding hydrogens is 269 g/mol. The number of nitrogens with one attached hydrogen (secondary N) is 1. The van der Waals surface area contributed by atoms with Gasteiger partial charge in [0.1, 0.15) is 5.82 Å². The minimum atomic E-state index is -0.641. The maximum absolute atomic E-state index is 13.2. The molecule has 0 radical (unpaired) electrons. The van der Waals surface area contributed by atoms with E-state index in [1.807, 2.05) is 43.3 Å². The van der Waals surface area contributed by atoms with Crippen molar-refractivity contribution in [2.45, 2.75) is 19.6 Å². The Bertz CT molecular complexity index is 540. The van der Waals surface area contributed by atoms with Crippen LogP contribution >= 0.6 is 0 Å². The van der Waals surface area contributed by atoms with Gasteiger partial charge in [0.2, 0.25) is 0 Å². The van der Waals surface area contributed by atoms with Gasteiger partial charge in [0.25, 0.3) is 0 Å². The Labute approximate surface area is 124 Å². The zero-order valence-electron chi connectivity index (χ0n) is 12.1. The third-order valence-electron chi connectivity index (χ3n) is 3.01. The molecule has 2 aromatic rings. The number of rotatable bonds is 7. The van der Waals surface area contributed by atoms with Crippen molar-refractivity contribution in [1.82, 2.24) is 0 Å². The first-order chi connectivity index (χ1) is 10.1. The minimum absolute atomic E-state index is 0.232. The van der Waals surface area contributed by atoms with E-state index in [2.05, 4.69) is 5.32 Å². The molecule has 0 heterocycles. The Morgan fingerprint density at radius 3 is 2.67 bits per heavy atom. The van der Waals surface area contributed by atoms with Crippen molar-refractivity contribution in [3.05, 3.63) is 65.5 Å². The van der Waals surface area contributed by atoms with E-state index in [4.69, 9.17) is 4.74 Å². The zero-order valence-corrected chi connectivity index (χ0v) is 12.1. The molecule has 0 aliphatic heterocycles. The standard InChI is InChI=1S/C17H20FNO2/c1-13-7-15(18)9-16(8-13)19-10-17(20)12-21-11-14-5-3-2-4-6-14/h2-9,17,19-20H,10-12H2,1H3. The number of aliphatic hydroxyl groups excluding tert-OH is 1. The summed E-state index contributed by atoms with van der Waals surface area (Å²) in [5, 5.41) is 12.9. The number of aryl methyl sites for hydroxylation is 1. The first-order valence-corrected chi connectivity index (χ1v) is 6.94. The number of aliphatic hydroxyl groups is 1. The molecule has 0 bridgehead atoms. The number of benzene rings is 2. The van der Waals surface area contributed by atoms with Crippen LogP contribution in [0, 0.1) is 12.7 Å². The number of ether oxygens (including phenoxy) is 1. The summed E-state index contributed by atoms with van der Waals surface area (Å²) in [6, 6.07) is 14.5. The Kier molecular flexibility index (Phi) is 5.72. The predicted molar refractivity (Wildman–Crippen MR) is 81.7 cm³/mol. The van der Waals surface area contributed by atoms with Gasteiger partial charge in [-0.25, -0.2) is 4.39 Å². The molecule has 2 aromatic carbocycles. The van der Waals surface area contributed by atoms with Crippen molar-refractivity contribution < 1.29 is 14.2 Å². The number of halogens is 1. The molecule has 4 heteroatoms. The molecule has 0 spiro atoms. The molecule has 0 fully saturated rings. The second-order valence-electron chi connectivity index (χ2n) is 5.05. The molecule has 0 aliphatic rings. The molecule has 1 atom stereocenters. The summed E-state index contributed by atoms with van der Waals surface area (Å²) in [7, 11) is 0. The maximum Gasteiger partial charge on any atom is 0.125 e. The largest absolute Gasteiger partial charge is 0.389 e. The van der Waals surface area contributed by atoms with Gasteiger partial charge in [0, 0.05) is 12.2 Å². The van der Waals surface area contributed by atoms with E-state index >= 15 is 0 Å². The van der Waals surface area contributed by atoms with Crippen LogP contribution in [0.2, 0.25) is 0 Å². The molecule has 0 amide bonds. The molecule has 2 rings (SSSR count). The lowest BCUT2D eigenvalue weighted by atomic mass is 10.2. The van der Waals surface area contributed by atoms with Crippen LogP contribution in [-0.4, -0.2) is 24.4 Å². The van der Waals surface area contributed by atoms with E-state index in [0.717, 1.165) is 11.1 Å². The van der Waals surface area contributed by atoms with E-state index in [-0.39, 0.29) is 12.4 Å². The van der Waals surface area contributed by atoms with E-state index in [0.29, 0.717) is 18.8 Å². The van der Waals surface area contributed by atoms with Crippen molar-refractivity contribution >= 4 is 5.69 Å². The molecule has 0 aliphatic carbocycles. The first kappa shape index (κ1) is 15.5. The molecule has 112 valence electrons. The topological polar surface area (TPSA) is 41.5 Å². The fourth-order valence-electron chi connectivity index (χ4n) is 2.02. The Balaban J connectivity index is 1.71. The van der Waals surface area contributed by atoms with E-state index in [1.165, 1.54) is 12.1 Å². The second kappa shape index (κ2) is 7.76. The molecule has 0 saturated carbocycles. The Morgan fingerprint density at radius 1 is 1.19 bits per heavy atom. The fourth-order valence-corrected chi connectivity index (χ4v) is 2.02. The second-order valence-corrected chi connectivity index (χ2v) is 5.05. The Morgan fingerprint density at radius 2 is 1.95 bits per heavy atom. The van der Waals surface area contributed by atoms with Crippen LogP contribution in [0.1, 0.15) is 11.1 Å². The van der Waals surface area contributed by atoms with Gasteiger partial charge in [-0.3, -0.25) is 0 Å². The zero-order chi connectivity index (χ0) is 15.1. The number of anilines is 1. The summed E-state index contributed by atoms with van der Waals surface area (Å²) >= 11 is 0. The van der Waals surface area contributed by atoms with Crippen molar-refractivity contribution in [3.63, 3.8) is 0 Å². The third kappa shape index (κ3) is 5.53. The highest BCUT2D eigenvalue weighted by molar-refractivity contribution is 5.46. The normalized spacial score (nSPS) is 12.1. The molecule has 3 nitrogen and oxygen atoms in total. The minimum Gasteiger partial charge on any atom is -0.389 e. The lowest BCUT2D eigenvalue weighted by Gasteiger charge is -2.14. The molecule has 21 heavy (non-hydrogen) atoms. The highest BCUT2D eigenvalue weighted by Gasteiger charge is 2.05. The van der Waals surface area contributed by atoms with Gasteiger partial charge in [-0.2, -0.15) is 0 Å². The van der Waals surface area contributed by atoms with Crippen LogP contribution in [-0.2, 0) is 11.3 Å². The summed E-state index contributed by atoms with van der Waals surface area (Å²) in [6.07, 6.45) is -0.641. The average molecular weight is 289 g/mol. The van der Waals surface area contributed by atoms with Crippen LogP contribution in [0.3, 0.4) is 0 Å². The van der Waals surface area contributed by atoms with Crippen LogP contribution in [0.15, 0.2) is 48.5 Å². The SMILES string of the molecule is Cc1cc(F)cc(NCC(O)COCc2ccccc2)c1. The predicted octanol–water partition coefficient (Wildman–Crippen LogP) is 3.12. The first-order valence-electron chi connectivity index (χ1n) is 6.94. The summed E-state index contributed by atoms with van der Waals surface area (Å²) in [6.45, 7) is 2.85. The molecule has 2 N–H and O–H groups in total. The van der Waals surface area contributed by atoms with Gasteiger partial charge < -0.3 is 15.2 Å². The van der Waals surface area contributed by atoms with Gasteiger partial charge in [-0.05, 0) is 36.2 Å². The molecule has 0 aromatic heterocycles. The smallest absolute Gasteiger partial charge is 0.125 e. The lowest BCUT2D eigenvalue weighted by molar-refractivity contribution is 0.0348. The summed E-state index contributed by atoms with van der Waals surface area (Å²) in [4.78, 5) is 0. The highest BCUT2D eigenvalue weighted by atomic mass is 19.1. The molecular formula is C17H20FNO2. The highest BCUT2D eigenvalue weighted by Crippen LogP contribution is 2.13. The third-order valence-corrected chi connectivity index (χ3v) is 3.01. The lowest BCUT2D eigenvalue weighted by Crippen LogP contribution is -2.24. The van der Waals surface area contributed by atoms with Crippen LogP contribution < -0.4 is 5.32 Å². The van der Waals surface area contributed by atoms with Crippen molar-refractivity contribution in [2.24, 2.45) is 0 Å². The summed E-state index contributed by atoms with van der Waals surface area (Å²) < 4.78 is 18.7. The Hall–Kier alpha value is -1.91. The van der Waals surface area contributed by atoms with Crippen molar-refractivity contribution in [2.75, 3.05) is 18.5 Å². The maximum atomic E-state index is 13.2. The van der Waals surface area contributed by atoms with Crippen LogP contribution in [0.4, 0.5) is 10.1 Å². The van der Waals surface area contributed by atoms with Gasteiger partial charge in [-0.1, -0.05) is 30.3 Å². The van der Waals surface area contributed by atoms with Gasteiger partial charge in [0.05, 0.1) is 19.3 Å².